The van der Waals surface area contributed by atoms with Gasteiger partial charge in [0.15, 0.2) is 0 Å². The molecule has 0 aromatic heterocycles. The van der Waals surface area contributed by atoms with Crippen LogP contribution in [0.1, 0.15) is 30.1 Å². The highest BCUT2D eigenvalue weighted by Gasteiger charge is 2.37. The topological polar surface area (TPSA) is 89.3 Å². The number of carbonyl (C=O) groups excluding carboxylic acids is 1. The number of rotatable bonds is 4. The lowest BCUT2D eigenvalue weighted by Gasteiger charge is -2.10. The Morgan fingerprint density at radius 2 is 2.11 bits per heavy atom. The number of nitrogens with one attached hydrogen (secondary N) is 1. The van der Waals surface area contributed by atoms with Gasteiger partial charge in [-0.25, -0.2) is 13.6 Å². The predicted octanol–water partition coefficient (Wildman–Crippen LogP) is 0.864. The number of hydrogen-bond acceptors (Lipinski definition) is 3. The smallest absolute Gasteiger partial charge is 0.251 e. The second kappa shape index (κ2) is 4.37. The summed E-state index contributed by atoms with van der Waals surface area (Å²) in [5.41, 5.74) is 0.526. The van der Waals surface area contributed by atoms with Crippen molar-refractivity contribution in [2.75, 3.05) is 6.54 Å². The van der Waals surface area contributed by atoms with Gasteiger partial charge in [0.05, 0.1) is 4.90 Å². The summed E-state index contributed by atoms with van der Waals surface area (Å²) in [7, 11) is -3.77. The number of benzene rings is 1. The number of primary sulfonamides is 1. The van der Waals surface area contributed by atoms with E-state index in [1.54, 1.807) is 6.07 Å². The fourth-order valence-electron chi connectivity index (χ4n) is 1.60. The Bertz CT molecular complexity index is 577. The summed E-state index contributed by atoms with van der Waals surface area (Å²) < 4.78 is 22.4. The van der Waals surface area contributed by atoms with Crippen LogP contribution < -0.4 is 10.5 Å². The van der Waals surface area contributed by atoms with Crippen molar-refractivity contribution >= 4 is 15.9 Å². The summed E-state index contributed by atoms with van der Waals surface area (Å²) in [6.07, 6.45) is 2.23. The summed E-state index contributed by atoms with van der Waals surface area (Å²) in [4.78, 5) is 11.8. The molecule has 2 rings (SSSR count). The third kappa shape index (κ3) is 3.08. The first kappa shape index (κ1) is 13.0. The van der Waals surface area contributed by atoms with Crippen molar-refractivity contribution < 1.29 is 13.2 Å². The van der Waals surface area contributed by atoms with E-state index in [1.807, 2.05) is 0 Å². The van der Waals surface area contributed by atoms with Crippen LogP contribution in [0.15, 0.2) is 29.2 Å². The Hall–Kier alpha value is -1.40. The molecule has 1 fully saturated rings. The molecule has 0 saturated heterocycles. The van der Waals surface area contributed by atoms with E-state index in [1.165, 1.54) is 18.2 Å². The van der Waals surface area contributed by atoms with Crippen molar-refractivity contribution in [3.05, 3.63) is 29.8 Å². The van der Waals surface area contributed by atoms with Crippen LogP contribution in [-0.2, 0) is 10.0 Å². The molecule has 0 unspecified atom stereocenters. The van der Waals surface area contributed by atoms with E-state index >= 15 is 0 Å². The average Bonchev–Trinajstić information content (AvgIpc) is 3.04. The van der Waals surface area contributed by atoms with Gasteiger partial charge < -0.3 is 5.32 Å². The number of nitrogens with two attached hydrogens (primary N) is 1. The molecule has 1 amide bonds. The lowest BCUT2D eigenvalue weighted by atomic mass is 10.1. The zero-order valence-electron chi connectivity index (χ0n) is 10.1. The second-order valence-corrected chi connectivity index (χ2v) is 6.63. The van der Waals surface area contributed by atoms with Crippen molar-refractivity contribution in [1.82, 2.24) is 5.32 Å². The molecule has 0 atom stereocenters. The Morgan fingerprint density at radius 1 is 1.44 bits per heavy atom. The van der Waals surface area contributed by atoms with Gasteiger partial charge >= 0.3 is 0 Å². The van der Waals surface area contributed by atoms with E-state index in [0.717, 1.165) is 12.8 Å². The minimum Gasteiger partial charge on any atom is -0.351 e. The standard InChI is InChI=1S/C12H16N2O3S/c1-12(5-6-12)8-14-11(15)9-3-2-4-10(7-9)18(13,16)17/h2-4,7H,5-6,8H2,1H3,(H,14,15)(H2,13,16,17). The molecule has 6 heteroatoms. The summed E-state index contributed by atoms with van der Waals surface area (Å²) in [6.45, 7) is 2.72. The fraction of sp³-hybridized carbons (Fsp3) is 0.417. The SMILES string of the molecule is CC1(CNC(=O)c2cccc(S(N)(=O)=O)c2)CC1. The van der Waals surface area contributed by atoms with Crippen molar-refractivity contribution in [2.45, 2.75) is 24.7 Å². The highest BCUT2D eigenvalue weighted by atomic mass is 32.2. The van der Waals surface area contributed by atoms with Crippen LogP contribution in [0.5, 0.6) is 0 Å². The van der Waals surface area contributed by atoms with Crippen LogP contribution >= 0.6 is 0 Å². The molecule has 3 N–H and O–H groups in total. The molecule has 0 bridgehead atoms. The number of sulfonamides is 1. The number of carbonyl (C=O) groups is 1. The first-order valence-corrected chi connectivity index (χ1v) is 7.26. The van der Waals surface area contributed by atoms with E-state index < -0.39 is 10.0 Å². The van der Waals surface area contributed by atoms with Crippen molar-refractivity contribution in [1.29, 1.82) is 0 Å². The quantitative estimate of drug-likeness (QED) is 0.849. The maximum Gasteiger partial charge on any atom is 0.251 e. The molecule has 0 radical (unpaired) electrons. The molecule has 1 aromatic carbocycles. The first-order valence-electron chi connectivity index (χ1n) is 5.71. The summed E-state index contributed by atoms with van der Waals surface area (Å²) in [5, 5.41) is 7.83. The maximum absolute atomic E-state index is 11.9. The summed E-state index contributed by atoms with van der Waals surface area (Å²) in [5.74, 6) is -0.270. The zero-order chi connectivity index (χ0) is 13.4. The van der Waals surface area contributed by atoms with Crippen molar-refractivity contribution in [3.63, 3.8) is 0 Å². The Balaban J connectivity index is 2.10. The predicted molar refractivity (Wildman–Crippen MR) is 67.5 cm³/mol. The van der Waals surface area contributed by atoms with Crippen LogP contribution in [0.25, 0.3) is 0 Å². The van der Waals surface area contributed by atoms with Gasteiger partial charge in [-0.3, -0.25) is 4.79 Å². The Kier molecular flexibility index (Phi) is 3.16. The van der Waals surface area contributed by atoms with Gasteiger partial charge in [0.1, 0.15) is 0 Å². The van der Waals surface area contributed by atoms with Gasteiger partial charge in [-0.1, -0.05) is 13.0 Å². The van der Waals surface area contributed by atoms with Crippen molar-refractivity contribution in [3.8, 4) is 0 Å². The van der Waals surface area contributed by atoms with Crippen LogP contribution in [0.2, 0.25) is 0 Å². The highest BCUT2D eigenvalue weighted by Crippen LogP contribution is 2.44. The first-order chi connectivity index (χ1) is 8.30. The molecule has 0 aliphatic heterocycles. The number of hydrogen-bond donors (Lipinski definition) is 2. The molecule has 1 aromatic rings. The Morgan fingerprint density at radius 3 is 2.67 bits per heavy atom. The third-order valence-electron chi connectivity index (χ3n) is 3.20. The zero-order valence-corrected chi connectivity index (χ0v) is 11.0. The normalized spacial score (nSPS) is 17.2. The maximum atomic E-state index is 11.9. The monoisotopic (exact) mass is 268 g/mol. The van der Waals surface area contributed by atoms with Crippen LogP contribution in [0.4, 0.5) is 0 Å². The van der Waals surface area contributed by atoms with Gasteiger partial charge in [0.25, 0.3) is 5.91 Å². The van der Waals surface area contributed by atoms with E-state index in [0.29, 0.717) is 12.1 Å². The van der Waals surface area contributed by atoms with Crippen molar-refractivity contribution in [2.24, 2.45) is 10.6 Å². The van der Waals surface area contributed by atoms with Gasteiger partial charge in [-0.05, 0) is 36.5 Å². The lowest BCUT2D eigenvalue weighted by Crippen LogP contribution is -2.29. The minimum atomic E-state index is -3.77. The van der Waals surface area contributed by atoms with Crippen LogP contribution in [-0.4, -0.2) is 20.9 Å². The average molecular weight is 268 g/mol. The summed E-state index contributed by atoms with van der Waals surface area (Å²) in [6, 6.07) is 5.74. The number of amides is 1. The third-order valence-corrected chi connectivity index (χ3v) is 4.12. The molecule has 0 spiro atoms. The second-order valence-electron chi connectivity index (χ2n) is 5.07. The fourth-order valence-corrected chi connectivity index (χ4v) is 2.16. The molecule has 1 aliphatic carbocycles. The molecular formula is C12H16N2O3S. The van der Waals surface area contributed by atoms with E-state index in [4.69, 9.17) is 5.14 Å². The van der Waals surface area contributed by atoms with E-state index in [9.17, 15) is 13.2 Å². The minimum absolute atomic E-state index is 0.0483. The van der Waals surface area contributed by atoms with Gasteiger partial charge in [-0.15, -0.1) is 0 Å². The van der Waals surface area contributed by atoms with Crippen LogP contribution in [0.3, 0.4) is 0 Å². The highest BCUT2D eigenvalue weighted by molar-refractivity contribution is 7.89. The van der Waals surface area contributed by atoms with Gasteiger partial charge in [0, 0.05) is 12.1 Å². The molecule has 98 valence electrons. The van der Waals surface area contributed by atoms with Gasteiger partial charge in [-0.2, -0.15) is 0 Å². The van der Waals surface area contributed by atoms with Gasteiger partial charge in [0.2, 0.25) is 10.0 Å². The van der Waals surface area contributed by atoms with E-state index in [-0.39, 0.29) is 16.2 Å². The molecule has 1 aliphatic rings. The lowest BCUT2D eigenvalue weighted by molar-refractivity contribution is 0.0946. The summed E-state index contributed by atoms with van der Waals surface area (Å²) >= 11 is 0. The van der Waals surface area contributed by atoms with Crippen LogP contribution in [0, 0.1) is 5.41 Å². The largest absolute Gasteiger partial charge is 0.351 e. The molecular weight excluding hydrogens is 252 g/mol. The molecule has 18 heavy (non-hydrogen) atoms. The van der Waals surface area contributed by atoms with E-state index in [2.05, 4.69) is 12.2 Å². The molecule has 0 heterocycles. The molecule has 5 nitrogen and oxygen atoms in total. The molecule has 1 saturated carbocycles. The Labute approximate surface area is 106 Å².